The van der Waals surface area contributed by atoms with Crippen LogP contribution in [0.4, 0.5) is 0 Å². The van der Waals surface area contributed by atoms with E-state index >= 15 is 0 Å². The van der Waals surface area contributed by atoms with Gasteiger partial charge in [0.15, 0.2) is 11.5 Å². The van der Waals surface area contributed by atoms with Crippen LogP contribution < -0.4 is 9.47 Å². The average Bonchev–Trinajstić information content (AvgIpc) is 3.47. The highest BCUT2D eigenvalue weighted by Crippen LogP contribution is 2.52. The predicted molar refractivity (Wildman–Crippen MR) is 138 cm³/mol. The van der Waals surface area contributed by atoms with Crippen LogP contribution in [-0.2, 0) is 16.2 Å². The molecule has 6 nitrogen and oxygen atoms in total. The van der Waals surface area contributed by atoms with Crippen LogP contribution >= 0.6 is 45.8 Å². The van der Waals surface area contributed by atoms with Crippen molar-refractivity contribution in [3.8, 4) is 11.5 Å². The zero-order chi connectivity index (χ0) is 24.0. The average molecular weight is 611 g/mol. The van der Waals surface area contributed by atoms with Crippen LogP contribution in [0.2, 0.25) is 10.0 Å². The summed E-state index contributed by atoms with van der Waals surface area (Å²) in [6, 6.07) is 8.90. The molecule has 0 unspecified atom stereocenters. The maximum atomic E-state index is 12.9. The van der Waals surface area contributed by atoms with Crippen molar-refractivity contribution in [3.05, 3.63) is 67.2 Å². The fourth-order valence-corrected chi connectivity index (χ4v) is 6.22. The van der Waals surface area contributed by atoms with Gasteiger partial charge in [0.25, 0.3) is 11.8 Å². The standard InChI is InChI=1S/C25H21Cl2IN2O4/c1-2-33-20-8-13(7-19(28)23(20)34-12-16-5-6-17(26)10-18(16)27)11-29-30-24(31)21-14-3-4-15(9-14)22(21)25(30)32/h3-8,10-11,14-15,21-22H,2,9,12H2,1H3/b29-11-/t14-,15-,21+,22+/m0/s1. The number of rotatable bonds is 7. The Balaban J connectivity index is 1.35. The maximum Gasteiger partial charge on any atom is 0.254 e. The normalized spacial score (nSPS) is 25.0. The SMILES string of the molecule is CCOc1cc(/C=N\N2C(=O)[C@H]3[C@H](C2=O)[C@H]2C=C[C@H]3C2)cc(I)c1OCc1ccc(Cl)cc1Cl. The third kappa shape index (κ3) is 4.22. The van der Waals surface area contributed by atoms with Gasteiger partial charge in [-0.3, -0.25) is 9.59 Å². The zero-order valence-electron chi connectivity index (χ0n) is 18.2. The summed E-state index contributed by atoms with van der Waals surface area (Å²) in [5, 5.41) is 6.40. The maximum absolute atomic E-state index is 12.9. The smallest absolute Gasteiger partial charge is 0.254 e. The first-order chi connectivity index (χ1) is 16.4. The number of halogens is 3. The molecule has 0 aromatic heterocycles. The summed E-state index contributed by atoms with van der Waals surface area (Å²) in [4.78, 5) is 25.7. The summed E-state index contributed by atoms with van der Waals surface area (Å²) in [6.45, 7) is 2.57. The van der Waals surface area contributed by atoms with E-state index < -0.39 is 0 Å². The molecule has 1 aliphatic heterocycles. The highest BCUT2D eigenvalue weighted by molar-refractivity contribution is 14.1. The minimum atomic E-state index is -0.269. The molecule has 2 fully saturated rings. The monoisotopic (exact) mass is 610 g/mol. The van der Waals surface area contributed by atoms with Crippen molar-refractivity contribution < 1.29 is 19.1 Å². The Kier molecular flexibility index (Phi) is 6.61. The second-order valence-electron chi connectivity index (χ2n) is 8.52. The Labute approximate surface area is 221 Å². The van der Waals surface area contributed by atoms with E-state index in [0.717, 1.165) is 20.6 Å². The van der Waals surface area contributed by atoms with E-state index in [1.165, 1.54) is 6.21 Å². The number of carbonyl (C=O) groups excluding carboxylic acids is 2. The van der Waals surface area contributed by atoms with Crippen LogP contribution in [0.25, 0.3) is 0 Å². The van der Waals surface area contributed by atoms with Crippen LogP contribution in [0.15, 0.2) is 47.6 Å². The Hall–Kier alpha value is -2.10. The Bertz CT molecular complexity index is 1200. The number of nitrogens with zero attached hydrogens (tertiary/aromatic N) is 2. The molecule has 0 radical (unpaired) electrons. The Morgan fingerprint density at radius 1 is 1.09 bits per heavy atom. The minimum Gasteiger partial charge on any atom is -0.490 e. The lowest BCUT2D eigenvalue weighted by molar-refractivity contribution is -0.140. The van der Waals surface area contributed by atoms with Gasteiger partial charge in [-0.1, -0.05) is 41.4 Å². The third-order valence-corrected chi connectivity index (χ3v) is 7.88. The van der Waals surface area contributed by atoms with Gasteiger partial charge < -0.3 is 9.47 Å². The van der Waals surface area contributed by atoms with E-state index in [-0.39, 0.29) is 42.1 Å². The zero-order valence-corrected chi connectivity index (χ0v) is 21.9. The third-order valence-electron chi connectivity index (χ3n) is 6.49. The molecule has 2 bridgehead atoms. The molecule has 34 heavy (non-hydrogen) atoms. The molecule has 4 atom stereocenters. The molecule has 1 heterocycles. The number of benzene rings is 2. The van der Waals surface area contributed by atoms with Gasteiger partial charge in [0, 0.05) is 15.6 Å². The first-order valence-electron chi connectivity index (χ1n) is 11.0. The van der Waals surface area contributed by atoms with Crippen molar-refractivity contribution in [2.75, 3.05) is 6.61 Å². The molecule has 0 spiro atoms. The molecule has 2 amide bonds. The fourth-order valence-electron chi connectivity index (χ4n) is 4.98. The van der Waals surface area contributed by atoms with Gasteiger partial charge in [0.1, 0.15) is 6.61 Å². The summed E-state index contributed by atoms with van der Waals surface area (Å²) in [6.07, 6.45) is 6.55. The van der Waals surface area contributed by atoms with Crippen molar-refractivity contribution in [1.82, 2.24) is 5.01 Å². The number of amides is 2. The van der Waals surface area contributed by atoms with Gasteiger partial charge in [-0.2, -0.15) is 10.1 Å². The van der Waals surface area contributed by atoms with Gasteiger partial charge in [0.05, 0.1) is 28.2 Å². The van der Waals surface area contributed by atoms with Crippen molar-refractivity contribution >= 4 is 63.8 Å². The number of allylic oxidation sites excluding steroid dienone is 2. The number of hydrogen-bond donors (Lipinski definition) is 0. The van der Waals surface area contributed by atoms with Gasteiger partial charge in [-0.05, 0) is 77.6 Å². The molecule has 5 rings (SSSR count). The number of fused-ring (bicyclic) bond motifs is 5. The summed E-state index contributed by atoms with van der Waals surface area (Å²) in [7, 11) is 0. The van der Waals surface area contributed by atoms with Crippen molar-refractivity contribution in [1.29, 1.82) is 0 Å². The van der Waals surface area contributed by atoms with E-state index in [1.54, 1.807) is 18.2 Å². The van der Waals surface area contributed by atoms with Crippen molar-refractivity contribution in [2.24, 2.45) is 28.8 Å². The highest BCUT2D eigenvalue weighted by atomic mass is 127. The Morgan fingerprint density at radius 2 is 1.79 bits per heavy atom. The summed E-state index contributed by atoms with van der Waals surface area (Å²) >= 11 is 14.4. The molecule has 1 saturated heterocycles. The van der Waals surface area contributed by atoms with E-state index in [2.05, 4.69) is 39.8 Å². The van der Waals surface area contributed by atoms with Gasteiger partial charge in [-0.15, -0.1) is 0 Å². The van der Waals surface area contributed by atoms with Gasteiger partial charge >= 0.3 is 0 Å². The van der Waals surface area contributed by atoms with E-state index in [9.17, 15) is 9.59 Å². The number of hydrogen-bond acceptors (Lipinski definition) is 5. The second kappa shape index (κ2) is 9.51. The molecular formula is C25H21Cl2IN2O4. The van der Waals surface area contributed by atoms with E-state index in [0.29, 0.717) is 33.7 Å². The second-order valence-corrected chi connectivity index (χ2v) is 10.5. The molecule has 1 saturated carbocycles. The van der Waals surface area contributed by atoms with Crippen LogP contribution in [0.5, 0.6) is 11.5 Å². The number of imide groups is 1. The first-order valence-corrected chi connectivity index (χ1v) is 12.8. The van der Waals surface area contributed by atoms with E-state index in [1.807, 2.05) is 19.1 Å². The predicted octanol–water partition coefficient (Wildman–Crippen LogP) is 5.72. The quantitative estimate of drug-likeness (QED) is 0.174. The lowest BCUT2D eigenvalue weighted by atomic mass is 9.85. The lowest BCUT2D eigenvalue weighted by Crippen LogP contribution is -2.28. The number of hydrazone groups is 1. The molecule has 3 aliphatic rings. The van der Waals surface area contributed by atoms with Crippen molar-refractivity contribution in [3.63, 3.8) is 0 Å². The van der Waals surface area contributed by atoms with Crippen LogP contribution in [0.1, 0.15) is 24.5 Å². The molecule has 0 N–H and O–H groups in total. The number of ether oxygens (including phenoxy) is 2. The molecule has 2 aromatic rings. The molecule has 9 heteroatoms. The summed E-state index contributed by atoms with van der Waals surface area (Å²) in [5.41, 5.74) is 1.50. The molecule has 176 valence electrons. The lowest BCUT2D eigenvalue weighted by Gasteiger charge is -2.15. The van der Waals surface area contributed by atoms with Gasteiger partial charge in [-0.25, -0.2) is 0 Å². The minimum absolute atomic E-state index is 0.155. The summed E-state index contributed by atoms with van der Waals surface area (Å²) in [5.74, 6) is 0.481. The number of carbonyl (C=O) groups is 2. The fraction of sp³-hybridized carbons (Fsp3) is 0.320. The van der Waals surface area contributed by atoms with Crippen LogP contribution in [-0.4, -0.2) is 29.6 Å². The largest absolute Gasteiger partial charge is 0.490 e. The first kappa shape index (κ1) is 23.6. The summed E-state index contributed by atoms with van der Waals surface area (Å²) < 4.78 is 12.7. The van der Waals surface area contributed by atoms with Crippen molar-refractivity contribution in [2.45, 2.75) is 20.0 Å². The highest BCUT2D eigenvalue weighted by Gasteiger charge is 2.59. The van der Waals surface area contributed by atoms with Crippen LogP contribution in [0.3, 0.4) is 0 Å². The van der Waals surface area contributed by atoms with E-state index in [4.69, 9.17) is 32.7 Å². The molecular weight excluding hydrogens is 590 g/mol. The molecule has 2 aliphatic carbocycles. The Morgan fingerprint density at radius 3 is 2.44 bits per heavy atom. The topological polar surface area (TPSA) is 68.2 Å². The molecule has 2 aromatic carbocycles. The van der Waals surface area contributed by atoms with Crippen LogP contribution in [0, 0.1) is 27.2 Å². The van der Waals surface area contributed by atoms with Gasteiger partial charge in [0.2, 0.25) is 0 Å².